The summed E-state index contributed by atoms with van der Waals surface area (Å²) >= 11 is 8.13. The first kappa shape index (κ1) is 19.0. The molecule has 1 aliphatic rings. The number of benzene rings is 2. The van der Waals surface area contributed by atoms with Crippen molar-refractivity contribution in [1.29, 1.82) is 0 Å². The van der Waals surface area contributed by atoms with Gasteiger partial charge >= 0.3 is 0 Å². The first-order chi connectivity index (χ1) is 12.5. The van der Waals surface area contributed by atoms with E-state index < -0.39 is 0 Å². The third kappa shape index (κ3) is 4.12. The van der Waals surface area contributed by atoms with Gasteiger partial charge in [0.1, 0.15) is 5.75 Å². The normalized spacial score (nSPS) is 14.3. The maximum atomic E-state index is 12.6. The number of amides is 2. The lowest BCUT2D eigenvalue weighted by atomic mass is 10.1. The van der Waals surface area contributed by atoms with E-state index in [1.807, 2.05) is 0 Å². The number of nitrogens with zero attached hydrogens (tertiary/aromatic N) is 2. The van der Waals surface area contributed by atoms with Gasteiger partial charge < -0.3 is 14.5 Å². The van der Waals surface area contributed by atoms with E-state index in [1.54, 1.807) is 59.4 Å². The molecule has 5 nitrogen and oxygen atoms in total. The van der Waals surface area contributed by atoms with E-state index in [0.29, 0.717) is 42.3 Å². The van der Waals surface area contributed by atoms with Crippen LogP contribution in [0.15, 0.2) is 42.5 Å². The van der Waals surface area contributed by atoms with Crippen LogP contribution in [0.2, 0.25) is 5.02 Å². The van der Waals surface area contributed by atoms with Gasteiger partial charge in [0.15, 0.2) is 0 Å². The summed E-state index contributed by atoms with van der Waals surface area (Å²) in [7, 11) is 1.59. The molecule has 0 unspecified atom stereocenters. The van der Waals surface area contributed by atoms with Crippen molar-refractivity contribution in [2.75, 3.05) is 33.3 Å². The molecule has 0 N–H and O–H groups in total. The zero-order chi connectivity index (χ0) is 18.7. The Morgan fingerprint density at radius 2 is 1.42 bits per heavy atom. The fraction of sp³-hybridized carbons (Fsp3) is 0.263. The molecule has 1 saturated heterocycles. The molecule has 1 aliphatic heterocycles. The van der Waals surface area contributed by atoms with E-state index in [-0.39, 0.29) is 11.8 Å². The van der Waals surface area contributed by atoms with Gasteiger partial charge in [0.25, 0.3) is 11.8 Å². The first-order valence-electron chi connectivity index (χ1n) is 8.17. The van der Waals surface area contributed by atoms with Gasteiger partial charge in [0, 0.05) is 40.9 Å². The number of carbonyl (C=O) groups excluding carboxylic acids is 2. The van der Waals surface area contributed by atoms with Crippen LogP contribution in [0.4, 0.5) is 0 Å². The number of hydrogen-bond donors (Lipinski definition) is 0. The van der Waals surface area contributed by atoms with E-state index in [1.165, 1.54) is 0 Å². The Labute approximate surface area is 171 Å². The predicted molar refractivity (Wildman–Crippen MR) is 109 cm³/mol. The summed E-state index contributed by atoms with van der Waals surface area (Å²) in [4.78, 5) is 28.8. The number of methoxy groups -OCH3 is 1. The molecule has 7 heteroatoms. The molecular formula is C19H18ClIN2O3. The molecule has 2 aromatic rings. The zero-order valence-corrected chi connectivity index (χ0v) is 17.2. The number of carbonyl (C=O) groups is 2. The number of hydrogen-bond acceptors (Lipinski definition) is 3. The highest BCUT2D eigenvalue weighted by atomic mass is 127. The van der Waals surface area contributed by atoms with Gasteiger partial charge in [-0.15, -0.1) is 0 Å². The van der Waals surface area contributed by atoms with Gasteiger partial charge in [-0.05, 0) is 65.1 Å². The summed E-state index contributed by atoms with van der Waals surface area (Å²) in [6.07, 6.45) is 0. The van der Waals surface area contributed by atoms with Crippen molar-refractivity contribution in [1.82, 2.24) is 9.80 Å². The fourth-order valence-electron chi connectivity index (χ4n) is 2.84. The van der Waals surface area contributed by atoms with Crippen molar-refractivity contribution in [3.63, 3.8) is 0 Å². The average molecular weight is 485 g/mol. The summed E-state index contributed by atoms with van der Waals surface area (Å²) in [5.41, 5.74) is 1.24. The molecular weight excluding hydrogens is 467 g/mol. The van der Waals surface area contributed by atoms with Crippen molar-refractivity contribution in [3.05, 3.63) is 62.2 Å². The van der Waals surface area contributed by atoms with Crippen molar-refractivity contribution in [3.8, 4) is 5.75 Å². The van der Waals surface area contributed by atoms with Crippen LogP contribution in [0.1, 0.15) is 20.7 Å². The molecule has 26 heavy (non-hydrogen) atoms. The van der Waals surface area contributed by atoms with Crippen LogP contribution < -0.4 is 4.74 Å². The molecule has 2 amide bonds. The minimum atomic E-state index is -0.0314. The minimum absolute atomic E-state index is 0.0270. The highest BCUT2D eigenvalue weighted by Gasteiger charge is 2.25. The maximum Gasteiger partial charge on any atom is 0.254 e. The molecule has 1 fully saturated rings. The molecule has 3 rings (SSSR count). The molecule has 0 saturated carbocycles. The first-order valence-corrected chi connectivity index (χ1v) is 9.63. The van der Waals surface area contributed by atoms with Crippen molar-refractivity contribution in [2.24, 2.45) is 0 Å². The van der Waals surface area contributed by atoms with E-state index in [9.17, 15) is 9.59 Å². The van der Waals surface area contributed by atoms with E-state index in [4.69, 9.17) is 16.3 Å². The second-order valence-electron chi connectivity index (χ2n) is 5.94. The summed E-state index contributed by atoms with van der Waals surface area (Å²) < 4.78 is 5.97. The Morgan fingerprint density at radius 3 is 1.92 bits per heavy atom. The standard InChI is InChI=1S/C19H18ClIN2O3/c1-26-15-5-2-13(3-6-15)18(24)22-8-10-23(11-9-22)19(25)14-4-7-16(20)17(21)12-14/h2-7,12H,8-11H2,1H3. The average Bonchev–Trinajstić information content (AvgIpc) is 2.69. The van der Waals surface area contributed by atoms with Crippen molar-refractivity contribution >= 4 is 46.0 Å². The van der Waals surface area contributed by atoms with Gasteiger partial charge in [-0.1, -0.05) is 11.6 Å². The van der Waals surface area contributed by atoms with Crippen molar-refractivity contribution in [2.45, 2.75) is 0 Å². The maximum absolute atomic E-state index is 12.6. The summed E-state index contributed by atoms with van der Waals surface area (Å²) in [6, 6.07) is 12.3. The Balaban J connectivity index is 1.61. The molecule has 0 aromatic heterocycles. The van der Waals surface area contributed by atoms with Gasteiger partial charge in [-0.3, -0.25) is 9.59 Å². The molecule has 136 valence electrons. The van der Waals surface area contributed by atoms with Crippen LogP contribution in [0.3, 0.4) is 0 Å². The molecule has 2 aromatic carbocycles. The Kier molecular flexibility index (Phi) is 6.03. The molecule has 0 bridgehead atoms. The summed E-state index contributed by atoms with van der Waals surface area (Å²) in [6.45, 7) is 2.06. The van der Waals surface area contributed by atoms with Crippen LogP contribution in [0.25, 0.3) is 0 Å². The zero-order valence-electron chi connectivity index (χ0n) is 14.2. The lowest BCUT2D eigenvalue weighted by Gasteiger charge is -2.35. The lowest BCUT2D eigenvalue weighted by molar-refractivity contribution is 0.0535. The lowest BCUT2D eigenvalue weighted by Crippen LogP contribution is -2.50. The Hall–Kier alpha value is -1.80. The number of piperazine rings is 1. The SMILES string of the molecule is COc1ccc(C(=O)N2CCN(C(=O)c3ccc(Cl)c(I)c3)CC2)cc1. The van der Waals surface area contributed by atoms with Crippen LogP contribution in [0, 0.1) is 3.57 Å². The number of rotatable bonds is 3. The molecule has 0 aliphatic carbocycles. The Morgan fingerprint density at radius 1 is 0.923 bits per heavy atom. The van der Waals surface area contributed by atoms with Gasteiger partial charge in [0.05, 0.1) is 12.1 Å². The monoisotopic (exact) mass is 484 g/mol. The minimum Gasteiger partial charge on any atom is -0.497 e. The van der Waals surface area contributed by atoms with Crippen molar-refractivity contribution < 1.29 is 14.3 Å². The predicted octanol–water partition coefficient (Wildman–Crippen LogP) is 3.55. The van der Waals surface area contributed by atoms with Gasteiger partial charge in [0.2, 0.25) is 0 Å². The smallest absolute Gasteiger partial charge is 0.254 e. The summed E-state index contributed by atoms with van der Waals surface area (Å²) in [5, 5.41) is 0.636. The molecule has 0 spiro atoms. The highest BCUT2D eigenvalue weighted by Crippen LogP contribution is 2.21. The van der Waals surface area contributed by atoms with E-state index in [0.717, 1.165) is 9.32 Å². The van der Waals surface area contributed by atoms with E-state index in [2.05, 4.69) is 22.6 Å². The van der Waals surface area contributed by atoms with E-state index >= 15 is 0 Å². The quantitative estimate of drug-likeness (QED) is 0.626. The second kappa shape index (κ2) is 8.26. The number of ether oxygens (including phenoxy) is 1. The molecule has 1 heterocycles. The third-order valence-electron chi connectivity index (χ3n) is 4.36. The van der Waals surface area contributed by atoms with Crippen LogP contribution in [0.5, 0.6) is 5.75 Å². The topological polar surface area (TPSA) is 49.9 Å². The highest BCUT2D eigenvalue weighted by molar-refractivity contribution is 14.1. The Bertz CT molecular complexity index is 818. The van der Waals surface area contributed by atoms with Gasteiger partial charge in [-0.2, -0.15) is 0 Å². The van der Waals surface area contributed by atoms with Gasteiger partial charge in [-0.25, -0.2) is 0 Å². The largest absolute Gasteiger partial charge is 0.497 e. The molecule has 0 atom stereocenters. The van der Waals surface area contributed by atoms with Crippen LogP contribution in [-0.4, -0.2) is 54.9 Å². The fourth-order valence-corrected chi connectivity index (χ4v) is 3.47. The molecule has 0 radical (unpaired) electrons. The number of halogens is 2. The van der Waals surface area contributed by atoms with Crippen LogP contribution in [-0.2, 0) is 0 Å². The third-order valence-corrected chi connectivity index (χ3v) is 5.90. The van der Waals surface area contributed by atoms with Crippen LogP contribution >= 0.6 is 34.2 Å². The summed E-state index contributed by atoms with van der Waals surface area (Å²) in [5.74, 6) is 0.659. The second-order valence-corrected chi connectivity index (χ2v) is 7.51.